The van der Waals surface area contributed by atoms with Crippen LogP contribution in [0.15, 0.2) is 60.9 Å². The van der Waals surface area contributed by atoms with E-state index in [1.54, 1.807) is 12.3 Å². The number of nitriles is 1. The molecule has 4 aromatic rings. The van der Waals surface area contributed by atoms with Crippen molar-refractivity contribution in [3.05, 3.63) is 105 Å². The molecule has 55 heavy (non-hydrogen) atoms. The Balaban J connectivity index is 1.18. The first-order chi connectivity index (χ1) is 26.6. The molecule has 3 heterocycles. The van der Waals surface area contributed by atoms with E-state index in [4.69, 9.17) is 30.5 Å². The lowest BCUT2D eigenvalue weighted by molar-refractivity contribution is -0.146. The van der Waals surface area contributed by atoms with Crippen molar-refractivity contribution in [3.63, 3.8) is 0 Å². The fraction of sp³-hybridized carbons (Fsp3) is 0.432. The lowest BCUT2D eigenvalue weighted by atomic mass is 9.93. The van der Waals surface area contributed by atoms with Crippen molar-refractivity contribution in [2.75, 3.05) is 45.9 Å². The molecule has 3 aromatic carbocycles. The third-order valence-corrected chi connectivity index (χ3v) is 10.7. The minimum Gasteiger partial charge on any atom is -0.493 e. The topological polar surface area (TPSA) is 117 Å². The number of hydrogen-bond acceptors (Lipinski definition) is 10. The lowest BCUT2D eigenvalue weighted by Crippen LogP contribution is -2.36. The minimum absolute atomic E-state index is 0.171. The molecule has 0 bridgehead atoms. The molecule has 1 aromatic heterocycles. The van der Waals surface area contributed by atoms with Crippen LogP contribution in [-0.2, 0) is 35.7 Å². The number of rotatable bonds is 16. The number of carbonyl (C=O) groups excluding carboxylic acids is 1. The molecule has 0 saturated carbocycles. The quantitative estimate of drug-likeness (QED) is 0.0911. The molecule has 0 aliphatic carbocycles. The molecular formula is C44H51ClN4O6. The van der Waals surface area contributed by atoms with Crippen molar-refractivity contribution in [1.82, 2.24) is 14.8 Å². The highest BCUT2D eigenvalue weighted by Gasteiger charge is 2.27. The van der Waals surface area contributed by atoms with E-state index in [-0.39, 0.29) is 31.1 Å². The Kier molecular flexibility index (Phi) is 13.7. The van der Waals surface area contributed by atoms with Gasteiger partial charge < -0.3 is 29.0 Å². The van der Waals surface area contributed by atoms with Gasteiger partial charge in [-0.15, -0.1) is 0 Å². The van der Waals surface area contributed by atoms with Crippen LogP contribution in [0.4, 0.5) is 0 Å². The van der Waals surface area contributed by atoms with Crippen LogP contribution >= 0.6 is 11.6 Å². The summed E-state index contributed by atoms with van der Waals surface area (Å²) in [5, 5.41) is 19.7. The Morgan fingerprint density at radius 3 is 2.51 bits per heavy atom. The predicted molar refractivity (Wildman–Crippen MR) is 212 cm³/mol. The van der Waals surface area contributed by atoms with E-state index in [0.29, 0.717) is 61.4 Å². The smallest absolute Gasteiger partial charge is 0.320 e. The molecular weight excluding hydrogens is 716 g/mol. The number of fused-ring (bicyclic) bond motifs is 1. The number of nitrogens with zero attached hydrogens (tertiary/aromatic N) is 4. The molecule has 0 unspecified atom stereocenters. The molecule has 10 nitrogen and oxygen atoms in total. The standard InChI is InChI=1S/C44H51ClN4O6/c1-29(2)26-55-43(51)25-49-16-13-38-39(24-49)41(53-27-33-18-32(20-46)21-47-22-33)19-42(44(38)45)54-28-34-8-5-9-36(30(34)3)37-10-6-11-40(31(37)4)52-17-7-14-48-15-12-35(50)23-48/h5-6,8-11,18-19,21-22,29,35,50H,7,12-17,23-28H2,1-4H3/t35-/m1/s1. The molecule has 11 heteroatoms. The first-order valence-electron chi connectivity index (χ1n) is 19.1. The van der Waals surface area contributed by atoms with E-state index < -0.39 is 0 Å². The van der Waals surface area contributed by atoms with Gasteiger partial charge in [-0.1, -0.05) is 55.8 Å². The number of likely N-dealkylation sites (tertiary alicyclic amines) is 1. The van der Waals surface area contributed by atoms with E-state index >= 15 is 0 Å². The number of pyridine rings is 1. The maximum Gasteiger partial charge on any atom is 0.320 e. The lowest BCUT2D eigenvalue weighted by Gasteiger charge is -2.31. The van der Waals surface area contributed by atoms with Crippen molar-refractivity contribution >= 4 is 17.6 Å². The fourth-order valence-corrected chi connectivity index (χ4v) is 7.50. The molecule has 0 amide bonds. The van der Waals surface area contributed by atoms with Crippen LogP contribution in [0, 0.1) is 31.1 Å². The van der Waals surface area contributed by atoms with Crippen molar-refractivity contribution in [3.8, 4) is 34.4 Å². The summed E-state index contributed by atoms with van der Waals surface area (Å²) in [5.41, 5.74) is 8.47. The Morgan fingerprint density at radius 1 is 0.964 bits per heavy atom. The molecule has 1 N–H and O–H groups in total. The largest absolute Gasteiger partial charge is 0.493 e. The molecule has 1 atom stereocenters. The Hall–Kier alpha value is -4.66. The number of halogens is 1. The molecule has 2 aliphatic rings. The highest BCUT2D eigenvalue weighted by Crippen LogP contribution is 2.41. The van der Waals surface area contributed by atoms with Gasteiger partial charge in [-0.25, -0.2) is 0 Å². The summed E-state index contributed by atoms with van der Waals surface area (Å²) in [5.74, 6) is 2.00. The minimum atomic E-state index is -0.257. The van der Waals surface area contributed by atoms with Gasteiger partial charge in [0.25, 0.3) is 0 Å². The number of aliphatic hydroxyl groups is 1. The summed E-state index contributed by atoms with van der Waals surface area (Å²) >= 11 is 7.10. The molecule has 0 spiro atoms. The number of esters is 1. The van der Waals surface area contributed by atoms with Gasteiger partial charge in [0, 0.05) is 62.3 Å². The number of hydrogen-bond donors (Lipinski definition) is 1. The first-order valence-corrected chi connectivity index (χ1v) is 19.5. The zero-order valence-corrected chi connectivity index (χ0v) is 33.0. The van der Waals surface area contributed by atoms with Crippen LogP contribution in [0.1, 0.15) is 65.6 Å². The van der Waals surface area contributed by atoms with Crippen molar-refractivity contribution in [2.24, 2.45) is 5.92 Å². The average molecular weight is 767 g/mol. The summed E-state index contributed by atoms with van der Waals surface area (Å²) in [6.45, 7) is 13.6. The zero-order valence-electron chi connectivity index (χ0n) is 32.3. The third kappa shape index (κ3) is 10.4. The molecule has 0 radical (unpaired) electrons. The Bertz CT molecular complexity index is 2010. The normalized spacial score (nSPS) is 15.8. The third-order valence-electron chi connectivity index (χ3n) is 10.2. The van der Waals surface area contributed by atoms with Crippen LogP contribution in [0.5, 0.6) is 17.2 Å². The summed E-state index contributed by atoms with van der Waals surface area (Å²) in [7, 11) is 0. The van der Waals surface area contributed by atoms with Gasteiger partial charge >= 0.3 is 5.97 Å². The average Bonchev–Trinajstić information content (AvgIpc) is 3.60. The second-order valence-corrected chi connectivity index (χ2v) is 15.3. The van der Waals surface area contributed by atoms with Gasteiger partial charge in [-0.05, 0) is 84.5 Å². The number of aliphatic hydroxyl groups excluding tert-OH is 1. The second-order valence-electron chi connectivity index (χ2n) is 14.9. The Morgan fingerprint density at radius 2 is 1.75 bits per heavy atom. The molecule has 6 rings (SSSR count). The number of benzene rings is 3. The van der Waals surface area contributed by atoms with Crippen LogP contribution in [0.25, 0.3) is 11.1 Å². The van der Waals surface area contributed by atoms with Gasteiger partial charge in [-0.2, -0.15) is 5.26 Å². The second kappa shape index (κ2) is 18.8. The molecule has 2 aliphatic heterocycles. The summed E-state index contributed by atoms with van der Waals surface area (Å²) in [6.07, 6.45) is 5.34. The molecule has 1 saturated heterocycles. The first kappa shape index (κ1) is 40.0. The SMILES string of the molecule is Cc1c(COc2cc(OCc3cncc(C#N)c3)c3c(c2Cl)CCN(CC(=O)OCC(C)C)C3)cccc1-c1cccc(OCCCN2CC[C@@H](O)C2)c1C. The number of β-amino-alcohol motifs (C(OH)–C–C–N with tert-alkyl or cyclic N) is 1. The number of carbonyl (C=O) groups is 1. The van der Waals surface area contributed by atoms with Crippen molar-refractivity contribution in [2.45, 2.75) is 72.8 Å². The van der Waals surface area contributed by atoms with Gasteiger partial charge in [0.15, 0.2) is 0 Å². The monoisotopic (exact) mass is 766 g/mol. The maximum absolute atomic E-state index is 12.6. The van der Waals surface area contributed by atoms with E-state index in [0.717, 1.165) is 82.7 Å². The highest BCUT2D eigenvalue weighted by atomic mass is 35.5. The van der Waals surface area contributed by atoms with Gasteiger partial charge in [0.05, 0.1) is 36.4 Å². The van der Waals surface area contributed by atoms with E-state index in [9.17, 15) is 15.2 Å². The highest BCUT2D eigenvalue weighted by molar-refractivity contribution is 6.33. The number of ether oxygens (including phenoxy) is 4. The number of aromatic nitrogens is 1. The molecule has 1 fully saturated rings. The van der Waals surface area contributed by atoms with Crippen LogP contribution in [-0.4, -0.2) is 77.9 Å². The van der Waals surface area contributed by atoms with Crippen molar-refractivity contribution in [1.29, 1.82) is 5.26 Å². The van der Waals surface area contributed by atoms with Gasteiger partial charge in [-0.3, -0.25) is 14.7 Å². The van der Waals surface area contributed by atoms with Crippen LogP contribution < -0.4 is 14.2 Å². The zero-order chi connectivity index (χ0) is 38.9. The maximum atomic E-state index is 12.6. The van der Waals surface area contributed by atoms with E-state index in [2.05, 4.69) is 48.0 Å². The summed E-state index contributed by atoms with van der Waals surface area (Å²) < 4.78 is 24.6. The van der Waals surface area contributed by atoms with Gasteiger partial charge in [0.1, 0.15) is 36.5 Å². The van der Waals surface area contributed by atoms with Crippen LogP contribution in [0.3, 0.4) is 0 Å². The summed E-state index contributed by atoms with van der Waals surface area (Å²) in [6, 6.07) is 18.1. The molecule has 290 valence electrons. The fourth-order valence-electron chi connectivity index (χ4n) is 7.19. The van der Waals surface area contributed by atoms with E-state index in [1.807, 2.05) is 43.0 Å². The summed E-state index contributed by atoms with van der Waals surface area (Å²) in [4.78, 5) is 21.1. The van der Waals surface area contributed by atoms with Crippen LogP contribution in [0.2, 0.25) is 5.02 Å². The van der Waals surface area contributed by atoms with E-state index in [1.165, 1.54) is 6.20 Å². The predicted octanol–water partition coefficient (Wildman–Crippen LogP) is 7.44. The Labute approximate surface area is 329 Å². The van der Waals surface area contributed by atoms with Gasteiger partial charge in [0.2, 0.25) is 0 Å². The van der Waals surface area contributed by atoms with Crippen molar-refractivity contribution < 1.29 is 28.8 Å².